The Morgan fingerprint density at radius 2 is 2.07 bits per heavy atom. The first-order chi connectivity index (χ1) is 13.6. The van der Waals surface area contributed by atoms with Crippen molar-refractivity contribution in [3.8, 4) is 5.75 Å². The Balaban J connectivity index is 1.28. The molecule has 1 atom stereocenters. The molecule has 1 amide bonds. The number of likely N-dealkylation sites (N-methyl/N-ethyl adjacent to an activating group) is 1. The number of amides is 1. The fourth-order valence-corrected chi connectivity index (χ4v) is 3.86. The first-order valence-corrected chi connectivity index (χ1v) is 10.1. The molecule has 1 unspecified atom stereocenters. The number of pyridine rings is 1. The van der Waals surface area contributed by atoms with E-state index in [9.17, 15) is 4.79 Å². The summed E-state index contributed by atoms with van der Waals surface area (Å²) in [6.45, 7) is 7.88. The molecule has 148 valence electrons. The minimum Gasteiger partial charge on any atom is -0.480 e. The fraction of sp³-hybridized carbons (Fsp3) is 0.429. The third kappa shape index (κ3) is 4.23. The highest BCUT2D eigenvalue weighted by atomic mass is 35.5. The van der Waals surface area contributed by atoms with Gasteiger partial charge >= 0.3 is 0 Å². The largest absolute Gasteiger partial charge is 0.480 e. The van der Waals surface area contributed by atoms with E-state index in [1.165, 1.54) is 0 Å². The number of aromatic nitrogens is 1. The molecule has 0 bridgehead atoms. The standard InChI is InChI=1S/C21H25ClN4O2/c1-2-25-7-9-26(10-8-25)20-6-3-15(13-23-20)14-24-21(27)19-12-16-11-17(22)4-5-18(16)28-19/h3-6,11,13,19H,2,7-10,12,14H2,1H3,(H,24,27). The first kappa shape index (κ1) is 19.0. The van der Waals surface area contributed by atoms with Crippen LogP contribution < -0.4 is 15.0 Å². The average molecular weight is 401 g/mol. The number of nitrogens with zero attached hydrogens (tertiary/aromatic N) is 3. The van der Waals surface area contributed by atoms with Gasteiger partial charge in [0.2, 0.25) is 0 Å². The van der Waals surface area contributed by atoms with Crippen LogP contribution in [0.15, 0.2) is 36.5 Å². The highest BCUT2D eigenvalue weighted by molar-refractivity contribution is 6.30. The smallest absolute Gasteiger partial charge is 0.261 e. The Morgan fingerprint density at radius 1 is 1.25 bits per heavy atom. The van der Waals surface area contributed by atoms with Crippen LogP contribution in [0.25, 0.3) is 0 Å². The van der Waals surface area contributed by atoms with Crippen LogP contribution in [0.3, 0.4) is 0 Å². The second kappa shape index (κ2) is 8.37. The van der Waals surface area contributed by atoms with Gasteiger partial charge in [0.05, 0.1) is 0 Å². The Hall–Kier alpha value is -2.31. The van der Waals surface area contributed by atoms with Gasteiger partial charge in [-0.3, -0.25) is 4.79 Å². The molecule has 28 heavy (non-hydrogen) atoms. The summed E-state index contributed by atoms with van der Waals surface area (Å²) in [5.41, 5.74) is 1.95. The van der Waals surface area contributed by atoms with E-state index >= 15 is 0 Å². The van der Waals surface area contributed by atoms with Gasteiger partial charge < -0.3 is 19.9 Å². The zero-order valence-electron chi connectivity index (χ0n) is 16.0. The summed E-state index contributed by atoms with van der Waals surface area (Å²) in [6, 6.07) is 9.50. The minimum absolute atomic E-state index is 0.118. The van der Waals surface area contributed by atoms with Crippen LogP contribution in [0.2, 0.25) is 5.02 Å². The van der Waals surface area contributed by atoms with Gasteiger partial charge in [-0.15, -0.1) is 0 Å². The molecule has 3 heterocycles. The number of hydrogen-bond donors (Lipinski definition) is 1. The molecule has 4 rings (SSSR count). The van der Waals surface area contributed by atoms with Crippen molar-refractivity contribution < 1.29 is 9.53 Å². The number of nitrogens with one attached hydrogen (secondary N) is 1. The maximum absolute atomic E-state index is 12.4. The summed E-state index contributed by atoms with van der Waals surface area (Å²) in [6.07, 6.45) is 1.88. The monoisotopic (exact) mass is 400 g/mol. The van der Waals surface area contributed by atoms with Gasteiger partial charge in [0.15, 0.2) is 6.10 Å². The van der Waals surface area contributed by atoms with Gasteiger partial charge in [0.25, 0.3) is 5.91 Å². The third-order valence-corrected chi connectivity index (χ3v) is 5.64. The number of rotatable bonds is 5. The van der Waals surface area contributed by atoms with Crippen LogP contribution in [0.5, 0.6) is 5.75 Å². The Bertz CT molecular complexity index is 835. The zero-order valence-corrected chi connectivity index (χ0v) is 16.8. The van der Waals surface area contributed by atoms with Gasteiger partial charge in [0.1, 0.15) is 11.6 Å². The lowest BCUT2D eigenvalue weighted by Gasteiger charge is -2.34. The topological polar surface area (TPSA) is 57.7 Å². The normalized spacial score (nSPS) is 19.2. The molecule has 2 aromatic rings. The van der Waals surface area contributed by atoms with Crippen molar-refractivity contribution in [1.29, 1.82) is 0 Å². The van der Waals surface area contributed by atoms with Crippen LogP contribution >= 0.6 is 11.6 Å². The van der Waals surface area contributed by atoms with Crippen LogP contribution in [0.4, 0.5) is 5.82 Å². The molecule has 6 nitrogen and oxygen atoms in total. The molecule has 1 saturated heterocycles. The molecule has 7 heteroatoms. The van der Waals surface area contributed by atoms with Gasteiger partial charge in [-0.25, -0.2) is 4.98 Å². The molecule has 1 aromatic carbocycles. The van der Waals surface area contributed by atoms with Crippen LogP contribution in [-0.2, 0) is 17.8 Å². The van der Waals surface area contributed by atoms with E-state index in [2.05, 4.69) is 27.0 Å². The second-order valence-corrected chi connectivity index (χ2v) is 7.66. The predicted octanol–water partition coefficient (Wildman–Crippen LogP) is 2.50. The molecular formula is C21H25ClN4O2. The highest BCUT2D eigenvalue weighted by Crippen LogP contribution is 2.31. The number of carbonyl (C=O) groups is 1. The fourth-order valence-electron chi connectivity index (χ4n) is 3.67. The van der Waals surface area contributed by atoms with Crippen molar-refractivity contribution >= 4 is 23.3 Å². The summed E-state index contributed by atoms with van der Waals surface area (Å²) in [4.78, 5) is 21.8. The SMILES string of the molecule is CCN1CCN(c2ccc(CNC(=O)C3Cc4cc(Cl)ccc4O3)cn2)CC1. The molecule has 1 N–H and O–H groups in total. The van der Waals surface area contributed by atoms with Gasteiger partial charge in [-0.05, 0) is 41.9 Å². The number of anilines is 1. The number of halogens is 1. The first-order valence-electron chi connectivity index (χ1n) is 9.77. The van der Waals surface area contributed by atoms with E-state index in [-0.39, 0.29) is 5.91 Å². The van der Waals surface area contributed by atoms with Crippen molar-refractivity contribution in [3.05, 3.63) is 52.7 Å². The molecule has 0 saturated carbocycles. The number of ether oxygens (including phenoxy) is 1. The van der Waals surface area contributed by atoms with Crippen molar-refractivity contribution in [2.45, 2.75) is 26.0 Å². The lowest BCUT2D eigenvalue weighted by Crippen LogP contribution is -2.46. The lowest BCUT2D eigenvalue weighted by atomic mass is 10.1. The molecule has 0 radical (unpaired) electrons. The molecule has 1 aromatic heterocycles. The molecule has 2 aliphatic rings. The minimum atomic E-state index is -0.504. The van der Waals surface area contributed by atoms with Crippen LogP contribution in [-0.4, -0.2) is 54.6 Å². The summed E-state index contributed by atoms with van der Waals surface area (Å²) in [7, 11) is 0. The second-order valence-electron chi connectivity index (χ2n) is 7.23. The van der Waals surface area contributed by atoms with Crippen molar-refractivity contribution in [2.24, 2.45) is 0 Å². The van der Waals surface area contributed by atoms with Crippen molar-refractivity contribution in [2.75, 3.05) is 37.6 Å². The third-order valence-electron chi connectivity index (χ3n) is 5.41. The summed E-state index contributed by atoms with van der Waals surface area (Å²) in [5, 5.41) is 3.60. The number of benzene rings is 1. The average Bonchev–Trinajstić information content (AvgIpc) is 3.16. The zero-order chi connectivity index (χ0) is 19.5. The van der Waals surface area contributed by atoms with E-state index in [0.29, 0.717) is 18.0 Å². The maximum atomic E-state index is 12.4. The summed E-state index contributed by atoms with van der Waals surface area (Å²) < 4.78 is 5.73. The van der Waals surface area contributed by atoms with Gasteiger partial charge in [-0.2, -0.15) is 0 Å². The summed E-state index contributed by atoms with van der Waals surface area (Å²) in [5.74, 6) is 1.61. The van der Waals surface area contributed by atoms with E-state index in [0.717, 1.165) is 55.4 Å². The van der Waals surface area contributed by atoms with E-state index < -0.39 is 6.10 Å². The Labute approximate surface area is 170 Å². The van der Waals surface area contributed by atoms with Crippen molar-refractivity contribution in [1.82, 2.24) is 15.2 Å². The van der Waals surface area contributed by atoms with Gasteiger partial charge in [-0.1, -0.05) is 24.6 Å². The lowest BCUT2D eigenvalue weighted by molar-refractivity contribution is -0.127. The molecule has 2 aliphatic heterocycles. The van der Waals surface area contributed by atoms with E-state index in [1.54, 1.807) is 6.07 Å². The van der Waals surface area contributed by atoms with Crippen LogP contribution in [0.1, 0.15) is 18.1 Å². The Morgan fingerprint density at radius 3 is 2.79 bits per heavy atom. The molecule has 0 spiro atoms. The quantitative estimate of drug-likeness (QED) is 0.835. The maximum Gasteiger partial charge on any atom is 0.261 e. The summed E-state index contributed by atoms with van der Waals surface area (Å²) >= 11 is 6.01. The number of carbonyl (C=O) groups excluding carboxylic acids is 1. The van der Waals surface area contributed by atoms with Crippen molar-refractivity contribution in [3.63, 3.8) is 0 Å². The Kier molecular flexibility index (Phi) is 5.69. The highest BCUT2D eigenvalue weighted by Gasteiger charge is 2.29. The molecular weight excluding hydrogens is 376 g/mol. The number of piperazine rings is 1. The predicted molar refractivity (Wildman–Crippen MR) is 110 cm³/mol. The number of hydrogen-bond acceptors (Lipinski definition) is 5. The van der Waals surface area contributed by atoms with Gasteiger partial charge in [0, 0.05) is 50.4 Å². The molecule has 0 aliphatic carbocycles. The number of fused-ring (bicyclic) bond motifs is 1. The van der Waals surface area contributed by atoms with Crippen LogP contribution in [0, 0.1) is 0 Å². The van der Waals surface area contributed by atoms with E-state index in [4.69, 9.17) is 16.3 Å². The van der Waals surface area contributed by atoms with E-state index in [1.807, 2.05) is 30.5 Å². The molecule has 1 fully saturated rings.